The molecule has 0 atom stereocenters. The van der Waals surface area contributed by atoms with Crippen LogP contribution in [0, 0.1) is 6.92 Å². The largest absolute Gasteiger partial charge is 0.497 e. The van der Waals surface area contributed by atoms with Gasteiger partial charge in [-0.05, 0) is 43.9 Å². The van der Waals surface area contributed by atoms with Crippen molar-refractivity contribution in [3.63, 3.8) is 0 Å². The molecule has 1 aliphatic rings. The second kappa shape index (κ2) is 9.41. The smallest absolute Gasteiger partial charge is 0.132 e. The number of benzene rings is 1. The molecule has 0 spiro atoms. The lowest BCUT2D eigenvalue weighted by atomic mass is 10.1. The highest BCUT2D eigenvalue weighted by molar-refractivity contribution is 5.48. The van der Waals surface area contributed by atoms with Crippen molar-refractivity contribution in [3.8, 4) is 5.75 Å². The molecule has 1 aliphatic carbocycles. The fourth-order valence-electron chi connectivity index (χ4n) is 3.53. The number of rotatable bonds is 7. The molecule has 140 valence electrons. The SMILES string of the molecule is COc1cccc(CCNc2cc(NC3CCCCCC3)nc(C)n2)c1. The third kappa shape index (κ3) is 5.61. The molecule has 3 rings (SSSR count). The summed E-state index contributed by atoms with van der Waals surface area (Å²) < 4.78 is 5.28. The number of hydrogen-bond donors (Lipinski definition) is 2. The van der Waals surface area contributed by atoms with E-state index >= 15 is 0 Å². The number of methoxy groups -OCH3 is 1. The van der Waals surface area contributed by atoms with Crippen molar-refractivity contribution < 1.29 is 4.74 Å². The van der Waals surface area contributed by atoms with Crippen molar-refractivity contribution in [1.29, 1.82) is 0 Å². The predicted octanol–water partition coefficient (Wildman–Crippen LogP) is 4.58. The number of nitrogens with zero attached hydrogens (tertiary/aromatic N) is 2. The average Bonchev–Trinajstić information content (AvgIpc) is 2.90. The Bertz CT molecular complexity index is 696. The normalized spacial score (nSPS) is 15.3. The van der Waals surface area contributed by atoms with E-state index in [1.807, 2.05) is 25.1 Å². The highest BCUT2D eigenvalue weighted by atomic mass is 16.5. The van der Waals surface area contributed by atoms with Gasteiger partial charge in [-0.15, -0.1) is 0 Å². The van der Waals surface area contributed by atoms with E-state index in [9.17, 15) is 0 Å². The Morgan fingerprint density at radius 2 is 1.81 bits per heavy atom. The van der Waals surface area contributed by atoms with Crippen LogP contribution in [0.25, 0.3) is 0 Å². The lowest BCUT2D eigenvalue weighted by molar-refractivity contribution is 0.414. The Kier molecular flexibility index (Phi) is 6.69. The second-order valence-corrected chi connectivity index (χ2v) is 7.05. The fraction of sp³-hybridized carbons (Fsp3) is 0.524. The fourth-order valence-corrected chi connectivity index (χ4v) is 3.53. The van der Waals surface area contributed by atoms with Crippen LogP contribution < -0.4 is 15.4 Å². The highest BCUT2D eigenvalue weighted by Crippen LogP contribution is 2.21. The van der Waals surface area contributed by atoms with Gasteiger partial charge >= 0.3 is 0 Å². The zero-order valence-corrected chi connectivity index (χ0v) is 15.9. The maximum atomic E-state index is 5.28. The molecule has 1 aromatic carbocycles. The summed E-state index contributed by atoms with van der Waals surface area (Å²) in [5, 5.41) is 7.05. The van der Waals surface area contributed by atoms with Gasteiger partial charge in [0, 0.05) is 18.7 Å². The molecule has 26 heavy (non-hydrogen) atoms. The first kappa shape index (κ1) is 18.5. The van der Waals surface area contributed by atoms with Gasteiger partial charge < -0.3 is 15.4 Å². The summed E-state index contributed by atoms with van der Waals surface area (Å²) >= 11 is 0. The van der Waals surface area contributed by atoms with Crippen molar-refractivity contribution in [2.45, 2.75) is 57.9 Å². The zero-order chi connectivity index (χ0) is 18.2. The Hall–Kier alpha value is -2.30. The topological polar surface area (TPSA) is 59.1 Å². The maximum absolute atomic E-state index is 5.28. The van der Waals surface area contributed by atoms with Gasteiger partial charge in [-0.3, -0.25) is 0 Å². The highest BCUT2D eigenvalue weighted by Gasteiger charge is 2.13. The second-order valence-electron chi connectivity index (χ2n) is 7.05. The number of anilines is 2. The molecule has 0 unspecified atom stereocenters. The molecule has 1 saturated carbocycles. The lowest BCUT2D eigenvalue weighted by Crippen LogP contribution is -2.19. The van der Waals surface area contributed by atoms with Crippen molar-refractivity contribution in [2.75, 3.05) is 24.3 Å². The molecule has 1 fully saturated rings. The van der Waals surface area contributed by atoms with E-state index in [4.69, 9.17) is 4.74 Å². The van der Waals surface area contributed by atoms with Gasteiger partial charge in [0.05, 0.1) is 7.11 Å². The van der Waals surface area contributed by atoms with E-state index in [1.165, 1.54) is 44.1 Å². The third-order valence-electron chi connectivity index (χ3n) is 4.90. The first-order chi connectivity index (χ1) is 12.7. The van der Waals surface area contributed by atoms with E-state index in [-0.39, 0.29) is 0 Å². The van der Waals surface area contributed by atoms with Gasteiger partial charge in [0.25, 0.3) is 0 Å². The monoisotopic (exact) mass is 354 g/mol. The van der Waals surface area contributed by atoms with Crippen LogP contribution in [0.3, 0.4) is 0 Å². The van der Waals surface area contributed by atoms with E-state index in [2.05, 4.69) is 32.7 Å². The van der Waals surface area contributed by atoms with Crippen LogP contribution in [0.1, 0.15) is 49.9 Å². The summed E-state index contributed by atoms with van der Waals surface area (Å²) in [5.41, 5.74) is 1.25. The molecule has 5 nitrogen and oxygen atoms in total. The van der Waals surface area contributed by atoms with Crippen LogP contribution in [0.5, 0.6) is 5.75 Å². The molecule has 0 amide bonds. The molecule has 0 aliphatic heterocycles. The van der Waals surface area contributed by atoms with Gasteiger partial charge in [0.1, 0.15) is 23.2 Å². The number of aryl methyl sites for hydroxylation is 1. The van der Waals surface area contributed by atoms with Gasteiger partial charge in [-0.1, -0.05) is 37.8 Å². The van der Waals surface area contributed by atoms with Gasteiger partial charge in [0.2, 0.25) is 0 Å². The summed E-state index contributed by atoms with van der Waals surface area (Å²) in [6.45, 7) is 2.78. The first-order valence-electron chi connectivity index (χ1n) is 9.72. The van der Waals surface area contributed by atoms with Gasteiger partial charge in [-0.2, -0.15) is 0 Å². The van der Waals surface area contributed by atoms with Gasteiger partial charge in [-0.25, -0.2) is 9.97 Å². The summed E-state index contributed by atoms with van der Waals surface area (Å²) in [6.07, 6.45) is 8.74. The van der Waals surface area contributed by atoms with Crippen LogP contribution >= 0.6 is 0 Å². The van der Waals surface area contributed by atoms with Gasteiger partial charge in [0.15, 0.2) is 0 Å². The van der Waals surface area contributed by atoms with Crippen molar-refractivity contribution >= 4 is 11.6 Å². The predicted molar refractivity (Wildman–Crippen MR) is 107 cm³/mol. The number of nitrogens with one attached hydrogen (secondary N) is 2. The molecular formula is C21H30N4O. The molecule has 2 N–H and O–H groups in total. The number of aromatic nitrogens is 2. The zero-order valence-electron chi connectivity index (χ0n) is 15.9. The van der Waals surface area contributed by atoms with Crippen LogP contribution in [0.15, 0.2) is 30.3 Å². The summed E-state index contributed by atoms with van der Waals surface area (Å²) in [5.74, 6) is 3.52. The Labute approximate surface area is 156 Å². The Morgan fingerprint density at radius 1 is 1.04 bits per heavy atom. The third-order valence-corrected chi connectivity index (χ3v) is 4.90. The molecular weight excluding hydrogens is 324 g/mol. The maximum Gasteiger partial charge on any atom is 0.132 e. The Balaban J connectivity index is 1.56. The molecule has 0 bridgehead atoms. The summed E-state index contributed by atoms with van der Waals surface area (Å²) in [4.78, 5) is 9.09. The van der Waals surface area contributed by atoms with Crippen molar-refractivity contribution in [2.24, 2.45) is 0 Å². The van der Waals surface area contributed by atoms with Crippen LogP contribution in [-0.4, -0.2) is 29.7 Å². The van der Waals surface area contributed by atoms with E-state index in [1.54, 1.807) is 7.11 Å². The quantitative estimate of drug-likeness (QED) is 0.713. The molecule has 2 aromatic rings. The van der Waals surface area contributed by atoms with E-state index in [0.717, 1.165) is 36.2 Å². The Morgan fingerprint density at radius 3 is 2.58 bits per heavy atom. The molecule has 0 saturated heterocycles. The van der Waals surface area contributed by atoms with Crippen molar-refractivity contribution in [3.05, 3.63) is 41.7 Å². The molecule has 0 radical (unpaired) electrons. The average molecular weight is 354 g/mol. The molecule has 1 heterocycles. The molecule has 1 aromatic heterocycles. The first-order valence-corrected chi connectivity index (χ1v) is 9.72. The number of hydrogen-bond acceptors (Lipinski definition) is 5. The van der Waals surface area contributed by atoms with Crippen molar-refractivity contribution in [1.82, 2.24) is 9.97 Å². The summed E-state index contributed by atoms with van der Waals surface area (Å²) in [7, 11) is 1.70. The standard InChI is InChI=1S/C21H30N4O/c1-16-23-20(22-13-12-17-8-7-11-19(14-17)26-2)15-21(24-16)25-18-9-5-3-4-6-10-18/h7-8,11,14-15,18H,3-6,9-10,12-13H2,1-2H3,(H2,22,23,24,25). The minimum absolute atomic E-state index is 0.538. The van der Waals surface area contributed by atoms with E-state index in [0.29, 0.717) is 6.04 Å². The summed E-state index contributed by atoms with van der Waals surface area (Å²) in [6, 6.07) is 10.8. The van der Waals surface area contributed by atoms with E-state index < -0.39 is 0 Å². The minimum atomic E-state index is 0.538. The molecule has 5 heteroatoms. The number of ether oxygens (including phenoxy) is 1. The van der Waals surface area contributed by atoms with Crippen LogP contribution in [-0.2, 0) is 6.42 Å². The van der Waals surface area contributed by atoms with Crippen LogP contribution in [0.4, 0.5) is 11.6 Å². The minimum Gasteiger partial charge on any atom is -0.497 e. The lowest BCUT2D eigenvalue weighted by Gasteiger charge is -2.18. The van der Waals surface area contributed by atoms with Crippen LogP contribution in [0.2, 0.25) is 0 Å².